The maximum Gasteiger partial charge on any atom is 0.0307 e. The monoisotopic (exact) mass is 434 g/mol. The van der Waals surface area contributed by atoms with Crippen molar-refractivity contribution in [2.45, 2.75) is 19.5 Å². The van der Waals surface area contributed by atoms with Gasteiger partial charge < -0.3 is 42.1 Å². The van der Waals surface area contributed by atoms with E-state index in [1.165, 1.54) is 5.39 Å². The van der Waals surface area contributed by atoms with E-state index in [2.05, 4.69) is 42.5 Å². The molecule has 1 aliphatic carbocycles. The van der Waals surface area contributed by atoms with Gasteiger partial charge in [-0.2, -0.15) is 17.5 Å². The molecule has 1 heterocycles. The Bertz CT molecular complexity index is 445. The molecule has 148 valence electrons. The molecule has 2 aromatic rings. The van der Waals surface area contributed by atoms with Crippen molar-refractivity contribution in [2.24, 2.45) is 0 Å². The summed E-state index contributed by atoms with van der Waals surface area (Å²) in [5.41, 5.74) is 1.15. The topological polar surface area (TPSA) is 15.8 Å². The third kappa shape index (κ3) is 23.8. The summed E-state index contributed by atoms with van der Waals surface area (Å²) in [6, 6.07) is 10.1. The summed E-state index contributed by atoms with van der Waals surface area (Å²) in [4.78, 5) is 2.99. The number of aromatic amines is 1. The fourth-order valence-electron chi connectivity index (χ4n) is 1.27. The van der Waals surface area contributed by atoms with E-state index >= 15 is 0 Å². The van der Waals surface area contributed by atoms with Gasteiger partial charge in [-0.3, -0.25) is 6.08 Å². The van der Waals surface area contributed by atoms with Crippen LogP contribution in [0.5, 0.6) is 0 Å². The van der Waals surface area contributed by atoms with E-state index in [9.17, 15) is 0 Å². The van der Waals surface area contributed by atoms with Crippen molar-refractivity contribution < 1.29 is 21.7 Å². The Hall–Kier alpha value is -0.249. The number of aromatic nitrogens is 1. The Morgan fingerprint density at radius 1 is 0.960 bits per heavy atom. The van der Waals surface area contributed by atoms with E-state index in [0.29, 0.717) is 0 Å². The normalized spacial score (nSPS) is 7.92. The number of fused-ring (bicyclic) bond motifs is 1. The summed E-state index contributed by atoms with van der Waals surface area (Å²) in [5, 5.41) is 1.22. The molecule has 1 aromatic carbocycles. The van der Waals surface area contributed by atoms with Crippen LogP contribution in [-0.2, 0) is 21.7 Å². The van der Waals surface area contributed by atoms with Crippen molar-refractivity contribution in [1.29, 1.82) is 0 Å². The Morgan fingerprint density at radius 2 is 1.48 bits per heavy atom. The minimum atomic E-state index is 0. The van der Waals surface area contributed by atoms with Crippen molar-refractivity contribution in [3.63, 3.8) is 0 Å². The molecule has 5 heteroatoms. The van der Waals surface area contributed by atoms with Crippen molar-refractivity contribution in [3.8, 4) is 0 Å². The molecule has 1 aliphatic rings. The maximum absolute atomic E-state index is 2.99. The third-order valence-corrected chi connectivity index (χ3v) is 1.98. The zero-order valence-corrected chi connectivity index (χ0v) is 20.8. The summed E-state index contributed by atoms with van der Waals surface area (Å²) in [6.45, 7) is 4.31. The van der Waals surface area contributed by atoms with Crippen molar-refractivity contribution in [3.05, 3.63) is 98.0 Å². The van der Waals surface area contributed by atoms with Crippen LogP contribution >= 0.6 is 24.8 Å². The fourth-order valence-corrected chi connectivity index (χ4v) is 1.27. The largest absolute Gasteiger partial charge is 0.477 e. The molecule has 0 saturated heterocycles. The van der Waals surface area contributed by atoms with E-state index in [0.717, 1.165) is 21.5 Å². The van der Waals surface area contributed by atoms with Gasteiger partial charge in [-0.25, -0.2) is 12.2 Å². The van der Waals surface area contributed by atoms with E-state index < -0.39 is 0 Å². The number of hydrogen-bond donors (Lipinski definition) is 1. The van der Waals surface area contributed by atoms with Gasteiger partial charge in [0.1, 0.15) is 0 Å². The average molecular weight is 435 g/mol. The second-order valence-electron chi connectivity index (χ2n) is 3.50. The number of allylic oxidation sites excluding steroid dienone is 4. The molecule has 0 unspecified atom stereocenters. The zero-order valence-electron chi connectivity index (χ0n) is 16.6. The minimum Gasteiger partial charge on any atom is -0.477 e. The first-order valence-corrected chi connectivity index (χ1v) is 7.62. The Labute approximate surface area is 188 Å². The molecular formula is C20H34Cl2NSiTi-7. The average Bonchev–Trinajstić information content (AvgIpc) is 3.05. The van der Waals surface area contributed by atoms with Crippen LogP contribution in [0.25, 0.3) is 10.9 Å². The molecule has 0 saturated carbocycles. The minimum absolute atomic E-state index is 0. The Morgan fingerprint density at radius 3 is 1.84 bits per heavy atom. The second-order valence-corrected chi connectivity index (χ2v) is 4.50. The smallest absolute Gasteiger partial charge is 0.0307 e. The molecule has 1 aromatic heterocycles. The van der Waals surface area contributed by atoms with Crippen LogP contribution in [0, 0.1) is 49.4 Å². The molecule has 0 spiro atoms. The number of hydrogen-bond acceptors (Lipinski definition) is 0. The quantitative estimate of drug-likeness (QED) is 0.334. The van der Waals surface area contributed by atoms with Gasteiger partial charge in [-0.05, 0) is 0 Å². The number of para-hydroxylation sites is 1. The number of halogens is 2. The SMILES string of the molecule is C[Si]C.Cl.Cl.[C-]1=CC=CC1.[CH3-].[CH3-].[CH3-].[CH3-].[CH3-].[Ti].[c-]1cc2ccccc2[nH]1. The van der Waals surface area contributed by atoms with E-state index in [-0.39, 0.29) is 83.7 Å². The number of rotatable bonds is 0. The molecule has 3 rings (SSSR count). The van der Waals surface area contributed by atoms with Crippen molar-refractivity contribution in [1.82, 2.24) is 4.98 Å². The first-order chi connectivity index (χ1) is 8.38. The molecule has 2 radical (unpaired) electrons. The van der Waals surface area contributed by atoms with Gasteiger partial charge in [0, 0.05) is 31.2 Å². The predicted molar refractivity (Wildman–Crippen MR) is 123 cm³/mol. The predicted octanol–water partition coefficient (Wildman–Crippen LogP) is 7.15. The molecule has 0 fully saturated rings. The van der Waals surface area contributed by atoms with E-state index in [4.69, 9.17) is 0 Å². The molecule has 0 aliphatic heterocycles. The van der Waals surface area contributed by atoms with Gasteiger partial charge in [0.2, 0.25) is 0 Å². The maximum atomic E-state index is 2.99. The van der Waals surface area contributed by atoms with Gasteiger partial charge in [-0.15, -0.1) is 55.1 Å². The summed E-state index contributed by atoms with van der Waals surface area (Å²) < 4.78 is 0. The van der Waals surface area contributed by atoms with Crippen LogP contribution in [0.3, 0.4) is 0 Å². The summed E-state index contributed by atoms with van der Waals surface area (Å²) in [6.07, 6.45) is 12.9. The van der Waals surface area contributed by atoms with Gasteiger partial charge in [0.25, 0.3) is 0 Å². The second kappa shape index (κ2) is 35.0. The first-order valence-electron chi connectivity index (χ1n) is 5.62. The van der Waals surface area contributed by atoms with Gasteiger partial charge in [0.15, 0.2) is 0 Å². The molecule has 1 N–H and O–H groups in total. The number of H-pyrrole nitrogens is 1. The molecule has 0 bridgehead atoms. The summed E-state index contributed by atoms with van der Waals surface area (Å²) in [5.74, 6) is 0. The van der Waals surface area contributed by atoms with E-state index in [1.807, 2.05) is 36.4 Å². The van der Waals surface area contributed by atoms with Crippen LogP contribution in [0.4, 0.5) is 0 Å². The van der Waals surface area contributed by atoms with Crippen LogP contribution in [-0.4, -0.2) is 14.5 Å². The van der Waals surface area contributed by atoms with Crippen LogP contribution in [0.1, 0.15) is 6.42 Å². The third-order valence-electron chi connectivity index (χ3n) is 1.98. The molecule has 25 heavy (non-hydrogen) atoms. The van der Waals surface area contributed by atoms with Gasteiger partial charge in [-0.1, -0.05) is 25.2 Å². The fraction of sp³-hybridized carbons (Fsp3) is 0.150. The van der Waals surface area contributed by atoms with Gasteiger partial charge in [0.05, 0.1) is 0 Å². The Kier molecular flexibility index (Phi) is 69.6. The standard InChI is InChI=1S/C8H6N.C5H5.C2H6Si.5CH3.2ClH.Ti/c1-2-4-8-7(3-1)5-6-9-8;1-2-4-5-3-1;1-3-2;;;;;;;;/h1-5,9H;1-3H,4H2;1-2H3;5*1H3;2*1H;/q2*-1;;5*-1;;;. The van der Waals surface area contributed by atoms with E-state index in [1.54, 1.807) is 0 Å². The van der Waals surface area contributed by atoms with Crippen molar-refractivity contribution in [2.75, 3.05) is 0 Å². The summed E-state index contributed by atoms with van der Waals surface area (Å²) in [7, 11) is 1.08. The first kappa shape index (κ1) is 49.8. The molecule has 0 amide bonds. The zero-order chi connectivity index (χ0) is 12.3. The molecular weight excluding hydrogens is 401 g/mol. The van der Waals surface area contributed by atoms with Crippen LogP contribution < -0.4 is 0 Å². The van der Waals surface area contributed by atoms with Crippen molar-refractivity contribution >= 4 is 45.2 Å². The molecule has 1 nitrogen and oxygen atoms in total. The Balaban J connectivity index is -0.0000000274. The number of benzene rings is 1. The summed E-state index contributed by atoms with van der Waals surface area (Å²) >= 11 is 0. The number of nitrogens with one attached hydrogen (secondary N) is 1. The van der Waals surface area contributed by atoms with Gasteiger partial charge >= 0.3 is 0 Å². The van der Waals surface area contributed by atoms with Crippen LogP contribution in [0.2, 0.25) is 13.1 Å². The van der Waals surface area contributed by atoms with Crippen LogP contribution in [0.15, 0.2) is 48.6 Å². The molecule has 0 atom stereocenters.